The number of allylic oxidation sites excluding steroid dienone is 5. The summed E-state index contributed by atoms with van der Waals surface area (Å²) in [4.78, 5) is 35.4. The van der Waals surface area contributed by atoms with Gasteiger partial charge in [-0.1, -0.05) is 41.9 Å². The van der Waals surface area contributed by atoms with Gasteiger partial charge in [0.25, 0.3) is 5.91 Å². The number of carbonyl (C=O) groups excluding carboxylic acids is 1. The number of benzene rings is 2. The van der Waals surface area contributed by atoms with Gasteiger partial charge in [-0.15, -0.1) is 0 Å². The summed E-state index contributed by atoms with van der Waals surface area (Å²) in [5.74, 6) is 0.988. The second-order valence-electron chi connectivity index (χ2n) is 10.6. The Kier molecular flexibility index (Phi) is 7.45. The minimum absolute atomic E-state index is 0.000189. The van der Waals surface area contributed by atoms with Crippen molar-refractivity contribution in [1.82, 2.24) is 19.9 Å². The first-order valence-corrected chi connectivity index (χ1v) is 14.7. The van der Waals surface area contributed by atoms with E-state index in [0.29, 0.717) is 47.9 Å². The van der Waals surface area contributed by atoms with Gasteiger partial charge in [0.05, 0.1) is 5.69 Å². The number of amides is 1. The van der Waals surface area contributed by atoms with Crippen LogP contribution in [0.5, 0.6) is 0 Å². The standard InChI is InChI=1S/C34H27ClFN7O/c35-30-19-27(26-5-1-2-6-29(26)36)25-13-10-23-20-39-34(41-32(23)28(25)21-38-30)40-24-11-8-22(9-12-24)33(44)43-17-15-42(16-18-43)31-7-3-4-14-37-31/h1-9,11-14,19-21H,10,15-18H2,(H,39,40,41). The predicted octanol–water partition coefficient (Wildman–Crippen LogP) is 6.27. The zero-order valence-corrected chi connectivity index (χ0v) is 24.4. The first-order chi connectivity index (χ1) is 21.5. The van der Waals surface area contributed by atoms with Crippen molar-refractivity contribution in [3.8, 4) is 0 Å². The number of fused-ring (bicyclic) bond motifs is 3. The number of hydrogen-bond donors (Lipinski definition) is 1. The lowest BCUT2D eigenvalue weighted by atomic mass is 9.85. The Morgan fingerprint density at radius 1 is 0.886 bits per heavy atom. The largest absolute Gasteiger partial charge is 0.353 e. The van der Waals surface area contributed by atoms with Crippen LogP contribution < -0.4 is 10.2 Å². The number of rotatable bonds is 5. The topological polar surface area (TPSA) is 86.6 Å². The van der Waals surface area contributed by atoms with Crippen LogP contribution in [0.3, 0.4) is 0 Å². The molecule has 4 heterocycles. The fourth-order valence-electron chi connectivity index (χ4n) is 5.63. The van der Waals surface area contributed by atoms with Crippen LogP contribution in [0, 0.1) is 5.82 Å². The zero-order valence-electron chi connectivity index (χ0n) is 23.6. The zero-order chi connectivity index (χ0) is 30.0. The van der Waals surface area contributed by atoms with Gasteiger partial charge >= 0.3 is 0 Å². The molecule has 10 heteroatoms. The average molecular weight is 604 g/mol. The summed E-state index contributed by atoms with van der Waals surface area (Å²) in [5.41, 5.74) is 5.65. The molecule has 1 N–H and O–H groups in total. The number of anilines is 3. The van der Waals surface area contributed by atoms with Crippen LogP contribution in [0.15, 0.2) is 108 Å². The summed E-state index contributed by atoms with van der Waals surface area (Å²) in [7, 11) is 0. The SMILES string of the molecule is O=C(c1ccc(Nc2ncc3c(n2)C2=CN=C(Cl)C=C(c4ccccc4F)C2=CC3)cc1)N1CCN(c2ccccn2)CC1. The molecule has 1 amide bonds. The molecule has 0 saturated carbocycles. The van der Waals surface area contributed by atoms with E-state index in [0.717, 1.165) is 41.3 Å². The molecular formula is C34H27ClFN7O. The van der Waals surface area contributed by atoms with E-state index in [4.69, 9.17) is 16.6 Å². The van der Waals surface area contributed by atoms with Crippen molar-refractivity contribution >= 4 is 51.3 Å². The highest BCUT2D eigenvalue weighted by Crippen LogP contribution is 2.41. The number of aliphatic imine (C=N–C) groups is 1. The van der Waals surface area contributed by atoms with Crippen molar-refractivity contribution in [2.45, 2.75) is 6.42 Å². The van der Waals surface area contributed by atoms with Crippen molar-refractivity contribution in [2.75, 3.05) is 36.4 Å². The van der Waals surface area contributed by atoms with Gasteiger partial charge < -0.3 is 15.1 Å². The Labute approximate surface area is 259 Å². The molecule has 2 aromatic carbocycles. The van der Waals surface area contributed by atoms with E-state index in [1.807, 2.05) is 53.4 Å². The highest BCUT2D eigenvalue weighted by molar-refractivity contribution is 6.69. The molecule has 1 aliphatic carbocycles. The quantitative estimate of drug-likeness (QED) is 0.289. The maximum atomic E-state index is 14.8. The van der Waals surface area contributed by atoms with Crippen LogP contribution in [0.1, 0.15) is 27.2 Å². The summed E-state index contributed by atoms with van der Waals surface area (Å²) in [6.45, 7) is 2.74. The third-order valence-corrected chi connectivity index (χ3v) is 8.11. The maximum absolute atomic E-state index is 14.8. The number of nitrogens with zero attached hydrogens (tertiary/aromatic N) is 6. The van der Waals surface area contributed by atoms with Crippen LogP contribution in [0.25, 0.3) is 11.1 Å². The minimum Gasteiger partial charge on any atom is -0.353 e. The molecule has 3 aliphatic rings. The van der Waals surface area contributed by atoms with Gasteiger partial charge in [0, 0.05) is 72.7 Å². The van der Waals surface area contributed by atoms with E-state index in [-0.39, 0.29) is 16.9 Å². The highest BCUT2D eigenvalue weighted by atomic mass is 35.5. The lowest BCUT2D eigenvalue weighted by Crippen LogP contribution is -2.49. The Hall–Kier alpha value is -5.15. The molecule has 8 nitrogen and oxygen atoms in total. The van der Waals surface area contributed by atoms with Crippen LogP contribution in [-0.4, -0.2) is 57.1 Å². The van der Waals surface area contributed by atoms with E-state index in [1.54, 1.807) is 42.9 Å². The Morgan fingerprint density at radius 2 is 1.68 bits per heavy atom. The lowest BCUT2D eigenvalue weighted by Gasteiger charge is -2.35. The van der Waals surface area contributed by atoms with Crippen molar-refractivity contribution in [2.24, 2.45) is 4.99 Å². The summed E-state index contributed by atoms with van der Waals surface area (Å²) < 4.78 is 14.8. The monoisotopic (exact) mass is 603 g/mol. The summed E-state index contributed by atoms with van der Waals surface area (Å²) in [6.07, 6.45) is 9.53. The number of carbonyl (C=O) groups is 1. The van der Waals surface area contributed by atoms with Crippen LogP contribution in [-0.2, 0) is 6.42 Å². The van der Waals surface area contributed by atoms with E-state index < -0.39 is 0 Å². The molecule has 0 unspecified atom stereocenters. The molecule has 0 radical (unpaired) electrons. The molecule has 0 atom stereocenters. The Balaban J connectivity index is 1.06. The van der Waals surface area contributed by atoms with Gasteiger partial charge in [0.2, 0.25) is 5.95 Å². The van der Waals surface area contributed by atoms with Gasteiger partial charge in [0.15, 0.2) is 0 Å². The molecule has 0 bridgehead atoms. The molecule has 44 heavy (non-hydrogen) atoms. The summed E-state index contributed by atoms with van der Waals surface area (Å²) >= 11 is 6.37. The van der Waals surface area contributed by atoms with Gasteiger partial charge in [-0.3, -0.25) is 4.79 Å². The molecule has 4 aromatic rings. The van der Waals surface area contributed by atoms with Crippen LogP contribution in [0.4, 0.5) is 21.8 Å². The molecule has 2 aliphatic heterocycles. The first-order valence-electron chi connectivity index (χ1n) is 14.3. The number of pyridine rings is 1. The van der Waals surface area contributed by atoms with Gasteiger partial charge in [-0.2, -0.15) is 0 Å². The first kappa shape index (κ1) is 27.7. The van der Waals surface area contributed by atoms with Crippen molar-refractivity contribution in [1.29, 1.82) is 0 Å². The molecular weight excluding hydrogens is 577 g/mol. The van der Waals surface area contributed by atoms with E-state index in [1.165, 1.54) is 6.07 Å². The number of nitrogens with one attached hydrogen (secondary N) is 1. The van der Waals surface area contributed by atoms with Crippen molar-refractivity contribution in [3.63, 3.8) is 0 Å². The summed E-state index contributed by atoms with van der Waals surface area (Å²) in [5, 5.41) is 3.51. The van der Waals surface area contributed by atoms with Gasteiger partial charge in [-0.05, 0) is 66.1 Å². The number of halogens is 2. The Morgan fingerprint density at radius 3 is 2.45 bits per heavy atom. The van der Waals surface area contributed by atoms with E-state index >= 15 is 0 Å². The molecule has 2 aromatic heterocycles. The smallest absolute Gasteiger partial charge is 0.253 e. The second kappa shape index (κ2) is 11.9. The molecule has 1 saturated heterocycles. The highest BCUT2D eigenvalue weighted by Gasteiger charge is 2.26. The minimum atomic E-state index is -0.338. The van der Waals surface area contributed by atoms with Gasteiger partial charge in [-0.25, -0.2) is 24.3 Å². The average Bonchev–Trinajstić information content (AvgIpc) is 3.24. The third-order valence-electron chi connectivity index (χ3n) is 7.90. The number of piperazine rings is 1. The predicted molar refractivity (Wildman–Crippen MR) is 172 cm³/mol. The van der Waals surface area contributed by atoms with E-state index in [2.05, 4.69) is 25.2 Å². The number of aromatic nitrogens is 3. The second-order valence-corrected chi connectivity index (χ2v) is 11.0. The molecule has 0 spiro atoms. The summed E-state index contributed by atoms with van der Waals surface area (Å²) in [6, 6.07) is 19.8. The molecule has 1 fully saturated rings. The van der Waals surface area contributed by atoms with E-state index in [9.17, 15) is 9.18 Å². The number of hydrogen-bond acceptors (Lipinski definition) is 7. The van der Waals surface area contributed by atoms with Gasteiger partial charge in [0.1, 0.15) is 16.8 Å². The molecule has 7 rings (SSSR count). The molecule has 218 valence electrons. The normalized spacial score (nSPS) is 16.0. The third kappa shape index (κ3) is 5.49. The van der Waals surface area contributed by atoms with Crippen LogP contribution in [0.2, 0.25) is 0 Å². The van der Waals surface area contributed by atoms with Crippen molar-refractivity contribution in [3.05, 3.63) is 131 Å². The van der Waals surface area contributed by atoms with Crippen LogP contribution >= 0.6 is 11.6 Å². The lowest BCUT2D eigenvalue weighted by molar-refractivity contribution is 0.0746. The fraction of sp³-hybridized carbons (Fsp3) is 0.147. The van der Waals surface area contributed by atoms with Crippen molar-refractivity contribution < 1.29 is 9.18 Å². The fourth-order valence-corrected chi connectivity index (χ4v) is 5.79. The maximum Gasteiger partial charge on any atom is 0.253 e. The Bertz CT molecular complexity index is 1860.